The highest BCUT2D eigenvalue weighted by Gasteiger charge is 2.35. The van der Waals surface area contributed by atoms with Crippen LogP contribution in [-0.2, 0) is 4.79 Å². The fourth-order valence-electron chi connectivity index (χ4n) is 3.06. The molecule has 1 unspecified atom stereocenters. The molecule has 1 saturated carbocycles. The van der Waals surface area contributed by atoms with Gasteiger partial charge in [-0.3, -0.25) is 19.9 Å². The number of fused-ring (bicyclic) bond motifs is 1. The summed E-state index contributed by atoms with van der Waals surface area (Å²) in [5, 5.41) is 0. The van der Waals surface area contributed by atoms with Crippen molar-refractivity contribution in [2.24, 2.45) is 17.7 Å². The summed E-state index contributed by atoms with van der Waals surface area (Å²) in [6.07, 6.45) is 5.78. The van der Waals surface area contributed by atoms with E-state index in [9.17, 15) is 4.79 Å². The molecule has 3 rings (SSSR count). The topological polar surface area (TPSA) is 80.0 Å². The van der Waals surface area contributed by atoms with Crippen molar-refractivity contribution in [3.63, 3.8) is 0 Å². The minimum atomic E-state index is -0.0225. The van der Waals surface area contributed by atoms with Gasteiger partial charge in [0, 0.05) is 17.0 Å². The maximum atomic E-state index is 11.5. The van der Waals surface area contributed by atoms with Crippen LogP contribution in [0.15, 0.2) is 23.2 Å². The summed E-state index contributed by atoms with van der Waals surface area (Å²) in [4.78, 5) is 17.3. The van der Waals surface area contributed by atoms with Crippen LogP contribution in [0.3, 0.4) is 0 Å². The van der Waals surface area contributed by atoms with E-state index in [-0.39, 0.29) is 11.8 Å². The van der Waals surface area contributed by atoms with Gasteiger partial charge in [-0.05, 0) is 55.7 Å². The van der Waals surface area contributed by atoms with Crippen LogP contribution in [0.25, 0.3) is 0 Å². The van der Waals surface area contributed by atoms with Gasteiger partial charge in [-0.1, -0.05) is 0 Å². The molecule has 6 heteroatoms. The predicted octanol–water partition coefficient (Wildman–Crippen LogP) is 1.53. The molecule has 0 saturated heterocycles. The SMILES string of the molecule is NNC(=O)[C@H]1CC[C@H](C2NSc3cccnc32)CC1. The van der Waals surface area contributed by atoms with Crippen molar-refractivity contribution < 1.29 is 4.79 Å². The van der Waals surface area contributed by atoms with Crippen molar-refractivity contribution in [3.05, 3.63) is 24.0 Å². The van der Waals surface area contributed by atoms with Gasteiger partial charge >= 0.3 is 0 Å². The number of hydrogen-bond donors (Lipinski definition) is 3. The zero-order chi connectivity index (χ0) is 13.2. The fourth-order valence-corrected chi connectivity index (χ4v) is 4.05. The van der Waals surface area contributed by atoms with E-state index in [1.165, 1.54) is 10.6 Å². The number of carbonyl (C=O) groups excluding carboxylic acids is 1. The Morgan fingerprint density at radius 3 is 2.95 bits per heavy atom. The van der Waals surface area contributed by atoms with Crippen LogP contribution in [-0.4, -0.2) is 10.9 Å². The van der Waals surface area contributed by atoms with E-state index in [4.69, 9.17) is 5.84 Å². The average molecular weight is 278 g/mol. The fraction of sp³-hybridized carbons (Fsp3) is 0.538. The predicted molar refractivity (Wildman–Crippen MR) is 73.7 cm³/mol. The summed E-state index contributed by atoms with van der Waals surface area (Å²) >= 11 is 1.67. The number of nitrogens with two attached hydrogens (primary N) is 1. The van der Waals surface area contributed by atoms with Gasteiger partial charge in [-0.15, -0.1) is 0 Å². The third-order valence-electron chi connectivity index (χ3n) is 4.15. The van der Waals surface area contributed by atoms with Crippen LogP contribution >= 0.6 is 11.9 Å². The van der Waals surface area contributed by atoms with Gasteiger partial charge < -0.3 is 0 Å². The van der Waals surface area contributed by atoms with Gasteiger partial charge in [-0.2, -0.15) is 0 Å². The Balaban J connectivity index is 1.65. The largest absolute Gasteiger partial charge is 0.294 e. The summed E-state index contributed by atoms with van der Waals surface area (Å²) in [6, 6.07) is 4.40. The van der Waals surface area contributed by atoms with Gasteiger partial charge in [-0.25, -0.2) is 5.84 Å². The Hall–Kier alpha value is -1.11. The third-order valence-corrected chi connectivity index (χ3v) is 5.08. The average Bonchev–Trinajstić information content (AvgIpc) is 2.90. The second kappa shape index (κ2) is 5.48. The normalized spacial score (nSPS) is 29.8. The molecular weight excluding hydrogens is 260 g/mol. The van der Waals surface area contributed by atoms with Crippen LogP contribution in [0.4, 0.5) is 0 Å². The molecule has 1 aliphatic carbocycles. The van der Waals surface area contributed by atoms with Crippen molar-refractivity contribution in [1.82, 2.24) is 15.1 Å². The molecule has 1 fully saturated rings. The molecule has 1 atom stereocenters. The van der Waals surface area contributed by atoms with Crippen molar-refractivity contribution in [2.45, 2.75) is 36.6 Å². The summed E-state index contributed by atoms with van der Waals surface area (Å²) in [5.74, 6) is 5.82. The molecule has 0 bridgehead atoms. The Morgan fingerprint density at radius 2 is 2.21 bits per heavy atom. The van der Waals surface area contributed by atoms with Crippen LogP contribution in [0, 0.1) is 11.8 Å². The highest BCUT2D eigenvalue weighted by Crippen LogP contribution is 2.43. The van der Waals surface area contributed by atoms with Crippen LogP contribution in [0.5, 0.6) is 0 Å². The van der Waals surface area contributed by atoms with E-state index in [2.05, 4.69) is 21.2 Å². The summed E-state index contributed by atoms with van der Waals surface area (Å²) in [7, 11) is 0. The van der Waals surface area contributed by atoms with Gasteiger partial charge in [0.15, 0.2) is 0 Å². The summed E-state index contributed by atoms with van der Waals surface area (Å²) in [6.45, 7) is 0. The maximum Gasteiger partial charge on any atom is 0.236 e. The highest BCUT2D eigenvalue weighted by molar-refractivity contribution is 7.97. The van der Waals surface area contributed by atoms with Crippen LogP contribution < -0.4 is 16.0 Å². The molecule has 102 valence electrons. The van der Waals surface area contributed by atoms with E-state index >= 15 is 0 Å². The number of rotatable bonds is 2. The van der Waals surface area contributed by atoms with E-state index < -0.39 is 0 Å². The lowest BCUT2D eigenvalue weighted by molar-refractivity contribution is -0.126. The Kier molecular flexibility index (Phi) is 3.72. The van der Waals surface area contributed by atoms with E-state index in [0.717, 1.165) is 25.7 Å². The second-order valence-electron chi connectivity index (χ2n) is 5.20. The lowest BCUT2D eigenvalue weighted by Gasteiger charge is -2.30. The highest BCUT2D eigenvalue weighted by atomic mass is 32.2. The minimum absolute atomic E-state index is 0.0225. The molecular formula is C13H18N4OS. The number of aromatic nitrogens is 1. The number of nitrogens with one attached hydrogen (secondary N) is 2. The molecule has 1 amide bonds. The zero-order valence-corrected chi connectivity index (χ0v) is 11.5. The number of hydrogen-bond acceptors (Lipinski definition) is 5. The summed E-state index contributed by atoms with van der Waals surface area (Å²) < 4.78 is 3.48. The molecule has 1 aromatic rings. The second-order valence-corrected chi connectivity index (χ2v) is 6.08. The van der Waals surface area contributed by atoms with Crippen LogP contribution in [0.2, 0.25) is 0 Å². The van der Waals surface area contributed by atoms with Crippen molar-refractivity contribution in [3.8, 4) is 0 Å². The molecule has 1 aliphatic heterocycles. The van der Waals surface area contributed by atoms with Gasteiger partial charge in [0.05, 0.1) is 11.7 Å². The quantitative estimate of drug-likeness (QED) is 0.331. The van der Waals surface area contributed by atoms with Crippen molar-refractivity contribution >= 4 is 17.9 Å². The van der Waals surface area contributed by atoms with E-state index in [1.807, 2.05) is 12.3 Å². The monoisotopic (exact) mass is 278 g/mol. The third kappa shape index (κ3) is 2.48. The first-order valence-corrected chi connectivity index (χ1v) is 7.49. The summed E-state index contributed by atoms with van der Waals surface area (Å²) in [5.41, 5.74) is 3.43. The van der Waals surface area contributed by atoms with Gasteiger partial charge in [0.1, 0.15) is 0 Å². The standard InChI is InChI=1S/C13H18N4OS/c14-16-13(18)9-5-3-8(4-6-9)11-12-10(19-17-11)2-1-7-15-12/h1-2,7-9,11,17H,3-6,14H2,(H,16,18)/t8-,9-,11?. The van der Waals surface area contributed by atoms with E-state index in [0.29, 0.717) is 12.0 Å². The number of amides is 1. The van der Waals surface area contributed by atoms with E-state index in [1.54, 1.807) is 11.9 Å². The maximum absolute atomic E-state index is 11.5. The molecule has 2 aliphatic rings. The lowest BCUT2D eigenvalue weighted by atomic mass is 9.77. The first kappa shape index (κ1) is 12.9. The molecule has 0 aromatic carbocycles. The Morgan fingerprint density at radius 1 is 1.42 bits per heavy atom. The van der Waals surface area contributed by atoms with Crippen molar-refractivity contribution in [2.75, 3.05) is 0 Å². The van der Waals surface area contributed by atoms with Gasteiger partial charge in [0.25, 0.3) is 0 Å². The molecule has 0 spiro atoms. The molecule has 2 heterocycles. The molecule has 1 aromatic heterocycles. The molecule has 5 nitrogen and oxygen atoms in total. The Labute approximate surface area is 116 Å². The molecule has 0 radical (unpaired) electrons. The zero-order valence-electron chi connectivity index (χ0n) is 10.6. The first-order valence-electron chi connectivity index (χ1n) is 6.67. The minimum Gasteiger partial charge on any atom is -0.294 e. The Bertz CT molecular complexity index is 473. The number of carbonyl (C=O) groups is 1. The molecule has 19 heavy (non-hydrogen) atoms. The van der Waals surface area contributed by atoms with Crippen molar-refractivity contribution in [1.29, 1.82) is 0 Å². The number of pyridine rings is 1. The first-order chi connectivity index (χ1) is 9.29. The molecule has 4 N–H and O–H groups in total. The number of nitrogens with zero attached hydrogens (tertiary/aromatic N) is 1. The number of hydrazine groups is 1. The smallest absolute Gasteiger partial charge is 0.236 e. The van der Waals surface area contributed by atoms with Crippen LogP contribution in [0.1, 0.15) is 37.4 Å². The van der Waals surface area contributed by atoms with Gasteiger partial charge in [0.2, 0.25) is 5.91 Å². The lowest BCUT2D eigenvalue weighted by Crippen LogP contribution is -2.38.